The Bertz CT molecular complexity index is 215. The van der Waals surface area contributed by atoms with Crippen molar-refractivity contribution in [3.05, 3.63) is 0 Å². The topological polar surface area (TPSA) is 52.6 Å². The van der Waals surface area contributed by atoms with Crippen molar-refractivity contribution in [2.75, 3.05) is 13.2 Å². The van der Waals surface area contributed by atoms with Gasteiger partial charge in [-0.2, -0.15) is 0 Å². The summed E-state index contributed by atoms with van der Waals surface area (Å²) in [6.45, 7) is 3.95. The second-order valence-corrected chi connectivity index (χ2v) is 4.49. The van der Waals surface area contributed by atoms with E-state index in [4.69, 9.17) is 9.47 Å². The fourth-order valence-electron chi connectivity index (χ4n) is 2.04. The predicted molar refractivity (Wildman–Crippen MR) is 58.7 cm³/mol. The van der Waals surface area contributed by atoms with E-state index in [0.717, 1.165) is 25.7 Å². The molecule has 1 aliphatic carbocycles. The first-order valence-corrected chi connectivity index (χ1v) is 5.84. The minimum Gasteiger partial charge on any atom is -0.466 e. The average molecular weight is 228 g/mol. The van der Waals surface area contributed by atoms with Gasteiger partial charge in [0.25, 0.3) is 0 Å². The molecule has 1 fully saturated rings. The maximum atomic E-state index is 10.6. The van der Waals surface area contributed by atoms with Crippen LogP contribution in [0.1, 0.15) is 39.5 Å². The smallest absolute Gasteiger partial charge is 0.302 e. The van der Waals surface area contributed by atoms with E-state index in [1.165, 1.54) is 13.8 Å². The number of hydrogen-bond acceptors (Lipinski definition) is 4. The van der Waals surface area contributed by atoms with Crippen LogP contribution in [0.3, 0.4) is 0 Å². The minimum absolute atomic E-state index is 0.206. The normalized spacial score (nSPS) is 24.9. The van der Waals surface area contributed by atoms with E-state index in [-0.39, 0.29) is 11.9 Å². The Hall–Kier alpha value is -1.06. The Morgan fingerprint density at radius 1 is 0.875 bits per heavy atom. The van der Waals surface area contributed by atoms with Gasteiger partial charge in [-0.1, -0.05) is 0 Å². The van der Waals surface area contributed by atoms with E-state index in [2.05, 4.69) is 0 Å². The van der Waals surface area contributed by atoms with Crippen LogP contribution in [0, 0.1) is 11.8 Å². The molecule has 0 atom stereocenters. The molecule has 0 aromatic heterocycles. The van der Waals surface area contributed by atoms with Crippen molar-refractivity contribution in [1.29, 1.82) is 0 Å². The van der Waals surface area contributed by atoms with Gasteiger partial charge in [0.1, 0.15) is 0 Å². The van der Waals surface area contributed by atoms with Gasteiger partial charge in [-0.25, -0.2) is 0 Å². The van der Waals surface area contributed by atoms with Crippen LogP contribution >= 0.6 is 0 Å². The van der Waals surface area contributed by atoms with Gasteiger partial charge >= 0.3 is 11.9 Å². The molecule has 4 heteroatoms. The lowest BCUT2D eigenvalue weighted by Gasteiger charge is -2.27. The second kappa shape index (κ2) is 6.51. The Balaban J connectivity index is 2.13. The summed E-state index contributed by atoms with van der Waals surface area (Å²) < 4.78 is 9.98. The highest BCUT2D eigenvalue weighted by Gasteiger charge is 2.22. The molecule has 1 rings (SSSR count). The lowest BCUT2D eigenvalue weighted by molar-refractivity contribution is -0.145. The molecule has 0 bridgehead atoms. The molecule has 92 valence electrons. The summed E-state index contributed by atoms with van der Waals surface area (Å²) in [7, 11) is 0. The summed E-state index contributed by atoms with van der Waals surface area (Å²) in [5.41, 5.74) is 0. The Morgan fingerprint density at radius 3 is 1.44 bits per heavy atom. The lowest BCUT2D eigenvalue weighted by Crippen LogP contribution is -2.23. The van der Waals surface area contributed by atoms with E-state index in [1.54, 1.807) is 0 Å². The van der Waals surface area contributed by atoms with E-state index >= 15 is 0 Å². The lowest BCUT2D eigenvalue weighted by atomic mass is 9.83. The molecule has 0 aliphatic heterocycles. The zero-order valence-electron chi connectivity index (χ0n) is 10.0. The van der Waals surface area contributed by atoms with Crippen molar-refractivity contribution in [2.45, 2.75) is 39.5 Å². The van der Waals surface area contributed by atoms with Crippen molar-refractivity contribution in [3.63, 3.8) is 0 Å². The van der Waals surface area contributed by atoms with Crippen LogP contribution in [0.4, 0.5) is 0 Å². The summed E-state index contributed by atoms with van der Waals surface area (Å²) in [6, 6.07) is 0. The van der Waals surface area contributed by atoms with Crippen molar-refractivity contribution >= 4 is 11.9 Å². The van der Waals surface area contributed by atoms with E-state index in [0.29, 0.717) is 25.0 Å². The molecule has 0 heterocycles. The Labute approximate surface area is 96.3 Å². The zero-order chi connectivity index (χ0) is 12.0. The van der Waals surface area contributed by atoms with Gasteiger partial charge in [0.15, 0.2) is 0 Å². The third-order valence-electron chi connectivity index (χ3n) is 3.01. The average Bonchev–Trinajstić information content (AvgIpc) is 2.25. The molecule has 0 spiro atoms. The predicted octanol–water partition coefficient (Wildman–Crippen LogP) is 1.92. The highest BCUT2D eigenvalue weighted by atomic mass is 16.5. The van der Waals surface area contributed by atoms with Crippen molar-refractivity contribution in [3.8, 4) is 0 Å². The molecule has 0 aromatic carbocycles. The maximum Gasteiger partial charge on any atom is 0.302 e. The molecule has 4 nitrogen and oxygen atoms in total. The molecule has 0 aromatic rings. The van der Waals surface area contributed by atoms with Crippen LogP contribution in [0.15, 0.2) is 0 Å². The molecule has 0 amide bonds. The fraction of sp³-hybridized carbons (Fsp3) is 0.833. The summed E-state index contributed by atoms with van der Waals surface area (Å²) in [5, 5.41) is 0. The number of rotatable bonds is 4. The van der Waals surface area contributed by atoms with E-state index < -0.39 is 0 Å². The quantitative estimate of drug-likeness (QED) is 0.690. The molecule has 0 radical (unpaired) electrons. The van der Waals surface area contributed by atoms with Crippen molar-refractivity contribution < 1.29 is 19.1 Å². The van der Waals surface area contributed by atoms with Crippen molar-refractivity contribution in [1.82, 2.24) is 0 Å². The maximum absolute atomic E-state index is 10.6. The van der Waals surface area contributed by atoms with E-state index in [1.807, 2.05) is 0 Å². The molecule has 1 saturated carbocycles. The molecule has 0 N–H and O–H groups in total. The number of esters is 2. The summed E-state index contributed by atoms with van der Waals surface area (Å²) in [5.74, 6) is 0.555. The van der Waals surface area contributed by atoms with Gasteiger partial charge in [-0.05, 0) is 37.5 Å². The van der Waals surface area contributed by atoms with Gasteiger partial charge in [0, 0.05) is 13.8 Å². The summed E-state index contributed by atoms with van der Waals surface area (Å²) in [6.07, 6.45) is 4.22. The summed E-state index contributed by atoms with van der Waals surface area (Å²) in [4.78, 5) is 21.3. The number of carbonyl (C=O) groups excluding carboxylic acids is 2. The highest BCUT2D eigenvalue weighted by Crippen LogP contribution is 2.29. The van der Waals surface area contributed by atoms with Gasteiger partial charge in [0.05, 0.1) is 13.2 Å². The zero-order valence-corrected chi connectivity index (χ0v) is 10.0. The van der Waals surface area contributed by atoms with E-state index in [9.17, 15) is 9.59 Å². The second-order valence-electron chi connectivity index (χ2n) is 4.49. The largest absolute Gasteiger partial charge is 0.466 e. The molecule has 0 saturated heterocycles. The summed E-state index contributed by atoms with van der Waals surface area (Å²) >= 11 is 0. The van der Waals surface area contributed by atoms with Crippen LogP contribution in [0.2, 0.25) is 0 Å². The molecular weight excluding hydrogens is 208 g/mol. The van der Waals surface area contributed by atoms with Gasteiger partial charge in [-0.15, -0.1) is 0 Å². The first-order chi connectivity index (χ1) is 7.58. The molecule has 16 heavy (non-hydrogen) atoms. The van der Waals surface area contributed by atoms with Gasteiger partial charge < -0.3 is 9.47 Å². The highest BCUT2D eigenvalue weighted by molar-refractivity contribution is 5.66. The third-order valence-corrected chi connectivity index (χ3v) is 3.01. The first kappa shape index (κ1) is 13.0. The monoisotopic (exact) mass is 228 g/mol. The third kappa shape index (κ3) is 5.14. The number of carbonyl (C=O) groups is 2. The molecule has 1 aliphatic rings. The van der Waals surface area contributed by atoms with Gasteiger partial charge in [-0.3, -0.25) is 9.59 Å². The van der Waals surface area contributed by atoms with Crippen molar-refractivity contribution in [2.24, 2.45) is 11.8 Å². The Kier molecular flexibility index (Phi) is 5.29. The minimum atomic E-state index is -0.206. The van der Waals surface area contributed by atoms with Crippen LogP contribution in [-0.4, -0.2) is 25.2 Å². The first-order valence-electron chi connectivity index (χ1n) is 5.84. The fourth-order valence-corrected chi connectivity index (χ4v) is 2.04. The van der Waals surface area contributed by atoms with Crippen LogP contribution < -0.4 is 0 Å². The standard InChI is InChI=1S/C12H20O4/c1-9(13)15-7-11-3-5-12(6-4-11)8-16-10(2)14/h11-12H,3-8H2,1-2H3/t11-,12+. The number of hydrogen-bond donors (Lipinski definition) is 0. The number of ether oxygens (including phenoxy) is 2. The molecule has 0 unspecified atom stereocenters. The van der Waals surface area contributed by atoms with Crippen LogP contribution in [-0.2, 0) is 19.1 Å². The SMILES string of the molecule is CC(=O)OC[C@H]1CC[C@@H](COC(C)=O)CC1. The van der Waals surface area contributed by atoms with Crippen LogP contribution in [0.25, 0.3) is 0 Å². The van der Waals surface area contributed by atoms with Gasteiger partial charge in [0.2, 0.25) is 0 Å². The molecular formula is C12H20O4. The van der Waals surface area contributed by atoms with Crippen LogP contribution in [0.5, 0.6) is 0 Å². The Morgan fingerprint density at radius 2 is 1.19 bits per heavy atom.